The van der Waals surface area contributed by atoms with Crippen molar-refractivity contribution >= 4 is 5.91 Å². The van der Waals surface area contributed by atoms with Crippen LogP contribution in [0, 0.1) is 0 Å². The second-order valence-corrected chi connectivity index (χ2v) is 5.91. The largest absolute Gasteiger partial charge is 0.344 e. The van der Waals surface area contributed by atoms with E-state index in [0.29, 0.717) is 5.69 Å². The van der Waals surface area contributed by atoms with Gasteiger partial charge in [0.15, 0.2) is 0 Å². The van der Waals surface area contributed by atoms with Crippen LogP contribution >= 0.6 is 0 Å². The van der Waals surface area contributed by atoms with Gasteiger partial charge < -0.3 is 5.32 Å². The summed E-state index contributed by atoms with van der Waals surface area (Å²) in [7, 11) is 0. The van der Waals surface area contributed by atoms with Crippen LogP contribution in [-0.4, -0.2) is 15.9 Å². The molecule has 0 radical (unpaired) electrons. The lowest BCUT2D eigenvalue weighted by Gasteiger charge is -2.19. The highest BCUT2D eigenvalue weighted by Gasteiger charge is 2.16. The Hall–Kier alpha value is -3.01. The lowest BCUT2D eigenvalue weighted by Crippen LogP contribution is -2.29. The Morgan fingerprint density at radius 1 is 0.960 bits per heavy atom. The summed E-state index contributed by atoms with van der Waals surface area (Å²) in [6.45, 7) is 0. The Kier molecular flexibility index (Phi) is 5.88. The molecule has 0 aliphatic heterocycles. The number of hydrogen-bond donors (Lipinski definition) is 1. The normalized spacial score (nSPS) is 11.7. The molecule has 2 aromatic carbocycles. The molecule has 4 nitrogen and oxygen atoms in total. The van der Waals surface area contributed by atoms with Crippen LogP contribution in [0.3, 0.4) is 0 Å². The Balaban J connectivity index is 1.66. The predicted molar refractivity (Wildman–Crippen MR) is 98.1 cm³/mol. The van der Waals surface area contributed by atoms with Gasteiger partial charge in [0.05, 0.1) is 12.2 Å². The molecule has 25 heavy (non-hydrogen) atoms. The zero-order chi connectivity index (χ0) is 17.3. The van der Waals surface area contributed by atoms with Crippen molar-refractivity contribution in [2.45, 2.75) is 25.3 Å². The number of benzene rings is 2. The van der Waals surface area contributed by atoms with Crippen LogP contribution in [0.25, 0.3) is 0 Å². The summed E-state index contributed by atoms with van der Waals surface area (Å²) in [5, 5.41) is 3.09. The standard InChI is InChI=1S/C21H21N3O/c25-21(20-16-22-14-15-23-20)24-19(18-11-5-2-6-12-18)13-7-10-17-8-3-1-4-9-17/h1-6,8-9,11-12,14-16,19H,7,10,13H2,(H,24,25). The maximum absolute atomic E-state index is 12.4. The molecule has 4 heteroatoms. The number of nitrogens with one attached hydrogen (secondary N) is 1. The molecule has 0 aliphatic rings. The van der Waals surface area contributed by atoms with E-state index in [4.69, 9.17) is 0 Å². The van der Waals surface area contributed by atoms with Gasteiger partial charge in [0.2, 0.25) is 0 Å². The van der Waals surface area contributed by atoms with E-state index in [1.807, 2.05) is 36.4 Å². The average Bonchev–Trinajstić information content (AvgIpc) is 2.69. The average molecular weight is 331 g/mol. The molecule has 0 saturated heterocycles. The van der Waals surface area contributed by atoms with Crippen LogP contribution in [0.4, 0.5) is 0 Å². The summed E-state index contributed by atoms with van der Waals surface area (Å²) in [5.74, 6) is -0.193. The van der Waals surface area contributed by atoms with Crippen molar-refractivity contribution in [3.8, 4) is 0 Å². The van der Waals surface area contributed by atoms with Crippen LogP contribution < -0.4 is 5.32 Å². The summed E-state index contributed by atoms with van der Waals surface area (Å²) >= 11 is 0. The quantitative estimate of drug-likeness (QED) is 0.713. The maximum atomic E-state index is 12.4. The fourth-order valence-corrected chi connectivity index (χ4v) is 2.81. The van der Waals surface area contributed by atoms with E-state index in [1.165, 1.54) is 18.0 Å². The van der Waals surface area contributed by atoms with E-state index in [0.717, 1.165) is 24.8 Å². The van der Waals surface area contributed by atoms with Gasteiger partial charge in [0.25, 0.3) is 5.91 Å². The van der Waals surface area contributed by atoms with Gasteiger partial charge in [-0.3, -0.25) is 9.78 Å². The fourth-order valence-electron chi connectivity index (χ4n) is 2.81. The molecule has 1 aromatic heterocycles. The molecule has 1 atom stereocenters. The maximum Gasteiger partial charge on any atom is 0.271 e. The van der Waals surface area contributed by atoms with Gasteiger partial charge in [0, 0.05) is 12.4 Å². The van der Waals surface area contributed by atoms with Crippen molar-refractivity contribution in [2.24, 2.45) is 0 Å². The Labute approximate surface area is 148 Å². The highest BCUT2D eigenvalue weighted by atomic mass is 16.1. The van der Waals surface area contributed by atoms with Crippen LogP contribution in [0.15, 0.2) is 79.3 Å². The van der Waals surface area contributed by atoms with Gasteiger partial charge in [0.1, 0.15) is 5.69 Å². The number of aryl methyl sites for hydroxylation is 1. The number of carbonyl (C=O) groups excluding carboxylic acids is 1. The van der Waals surface area contributed by atoms with E-state index in [1.54, 1.807) is 6.20 Å². The first kappa shape index (κ1) is 16.8. The first-order valence-electron chi connectivity index (χ1n) is 8.48. The lowest BCUT2D eigenvalue weighted by atomic mass is 9.99. The monoisotopic (exact) mass is 331 g/mol. The molecule has 1 N–H and O–H groups in total. The van der Waals surface area contributed by atoms with Crippen molar-refractivity contribution in [3.05, 3.63) is 96.1 Å². The van der Waals surface area contributed by atoms with Crippen LogP contribution in [0.5, 0.6) is 0 Å². The van der Waals surface area contributed by atoms with Crippen LogP contribution in [0.1, 0.15) is 40.5 Å². The zero-order valence-electron chi connectivity index (χ0n) is 14.0. The number of rotatable bonds is 7. The van der Waals surface area contributed by atoms with Crippen molar-refractivity contribution in [1.82, 2.24) is 15.3 Å². The molecule has 1 unspecified atom stereocenters. The van der Waals surface area contributed by atoms with Crippen molar-refractivity contribution in [2.75, 3.05) is 0 Å². The highest BCUT2D eigenvalue weighted by Crippen LogP contribution is 2.20. The van der Waals surface area contributed by atoms with Crippen molar-refractivity contribution < 1.29 is 4.79 Å². The number of hydrogen-bond acceptors (Lipinski definition) is 3. The smallest absolute Gasteiger partial charge is 0.271 e. The Morgan fingerprint density at radius 3 is 2.36 bits per heavy atom. The molecular formula is C21H21N3O. The molecule has 3 aromatic rings. The van der Waals surface area contributed by atoms with Gasteiger partial charge >= 0.3 is 0 Å². The van der Waals surface area contributed by atoms with Crippen LogP contribution in [0.2, 0.25) is 0 Å². The van der Waals surface area contributed by atoms with Gasteiger partial charge in [-0.1, -0.05) is 60.7 Å². The first-order chi connectivity index (χ1) is 12.3. The number of aromatic nitrogens is 2. The van der Waals surface area contributed by atoms with Crippen molar-refractivity contribution in [3.63, 3.8) is 0 Å². The molecule has 0 bridgehead atoms. The van der Waals surface area contributed by atoms with Gasteiger partial charge in [-0.25, -0.2) is 4.98 Å². The third-order valence-electron chi connectivity index (χ3n) is 4.10. The third kappa shape index (κ3) is 4.98. The SMILES string of the molecule is O=C(NC(CCCc1ccccc1)c1ccccc1)c1cnccn1. The molecule has 0 spiro atoms. The minimum absolute atomic E-state index is 0.0422. The number of nitrogens with zero attached hydrogens (tertiary/aromatic N) is 2. The summed E-state index contributed by atoms with van der Waals surface area (Å²) in [5.41, 5.74) is 2.76. The molecule has 1 amide bonds. The zero-order valence-corrected chi connectivity index (χ0v) is 14.0. The first-order valence-corrected chi connectivity index (χ1v) is 8.48. The van der Waals surface area contributed by atoms with E-state index < -0.39 is 0 Å². The minimum Gasteiger partial charge on any atom is -0.344 e. The molecule has 0 saturated carbocycles. The molecule has 0 aliphatic carbocycles. The van der Waals surface area contributed by atoms with Gasteiger partial charge in [-0.2, -0.15) is 0 Å². The minimum atomic E-state index is -0.193. The number of carbonyl (C=O) groups is 1. The van der Waals surface area contributed by atoms with E-state index >= 15 is 0 Å². The predicted octanol–water partition coefficient (Wildman–Crippen LogP) is 3.97. The Morgan fingerprint density at radius 2 is 1.68 bits per heavy atom. The molecule has 1 heterocycles. The molecule has 126 valence electrons. The molecule has 0 fully saturated rings. The second-order valence-electron chi connectivity index (χ2n) is 5.91. The molecule has 3 rings (SSSR count). The van der Waals surface area contributed by atoms with E-state index in [2.05, 4.69) is 39.6 Å². The third-order valence-corrected chi connectivity index (χ3v) is 4.10. The van der Waals surface area contributed by atoms with E-state index in [-0.39, 0.29) is 11.9 Å². The second kappa shape index (κ2) is 8.73. The van der Waals surface area contributed by atoms with Crippen LogP contribution in [-0.2, 0) is 6.42 Å². The molecular weight excluding hydrogens is 310 g/mol. The van der Waals surface area contributed by atoms with Crippen molar-refractivity contribution in [1.29, 1.82) is 0 Å². The summed E-state index contributed by atoms with van der Waals surface area (Å²) < 4.78 is 0. The highest BCUT2D eigenvalue weighted by molar-refractivity contribution is 5.92. The summed E-state index contributed by atoms with van der Waals surface area (Å²) in [6, 6.07) is 20.4. The van der Waals surface area contributed by atoms with E-state index in [9.17, 15) is 4.79 Å². The summed E-state index contributed by atoms with van der Waals surface area (Å²) in [4.78, 5) is 20.5. The summed E-state index contributed by atoms with van der Waals surface area (Å²) in [6.07, 6.45) is 7.43. The lowest BCUT2D eigenvalue weighted by molar-refractivity contribution is 0.0928. The topological polar surface area (TPSA) is 54.9 Å². The Bertz CT molecular complexity index is 776. The van der Waals surface area contributed by atoms with Gasteiger partial charge in [-0.05, 0) is 30.4 Å². The fraction of sp³-hybridized carbons (Fsp3) is 0.190. The number of amides is 1. The van der Waals surface area contributed by atoms with Gasteiger partial charge in [-0.15, -0.1) is 0 Å².